The molecular weight excluding hydrogens is 325 g/mol. The number of carbonyl (C=O) groups excluding carboxylic acids is 2. The topological polar surface area (TPSA) is 61.9 Å². The minimum atomic E-state index is -0.426. The van der Waals surface area contributed by atoms with E-state index in [9.17, 15) is 14.0 Å². The normalized spacial score (nSPS) is 14.1. The fraction of sp³-hybridized carbons (Fsp3) is 0.222. The van der Waals surface area contributed by atoms with E-state index in [0.29, 0.717) is 37.6 Å². The number of amides is 3. The number of hydrogen-bond acceptors (Lipinski definition) is 3. The number of piperazine rings is 1. The molecule has 1 fully saturated rings. The molecule has 3 amide bonds. The van der Waals surface area contributed by atoms with Crippen molar-refractivity contribution in [3.05, 3.63) is 60.4 Å². The largest absolute Gasteiger partial charge is 0.415 e. The van der Waals surface area contributed by atoms with Crippen LogP contribution in [0.2, 0.25) is 0 Å². The molecule has 1 heterocycles. The third-order valence-electron chi connectivity index (χ3n) is 3.87. The maximum Gasteiger partial charge on any atom is 0.415 e. The molecule has 2 aromatic carbocycles. The summed E-state index contributed by atoms with van der Waals surface area (Å²) in [7, 11) is 0. The van der Waals surface area contributed by atoms with Crippen molar-refractivity contribution in [2.75, 3.05) is 31.5 Å². The first-order chi connectivity index (χ1) is 12.1. The smallest absolute Gasteiger partial charge is 0.410 e. The second-order valence-corrected chi connectivity index (χ2v) is 5.59. The Balaban J connectivity index is 1.48. The van der Waals surface area contributed by atoms with Crippen LogP contribution in [0.1, 0.15) is 0 Å². The molecule has 2 aromatic rings. The average molecular weight is 343 g/mol. The second-order valence-electron chi connectivity index (χ2n) is 5.59. The molecule has 1 aliphatic rings. The second kappa shape index (κ2) is 7.65. The van der Waals surface area contributed by atoms with Crippen LogP contribution < -0.4 is 10.1 Å². The van der Waals surface area contributed by atoms with Gasteiger partial charge in [-0.05, 0) is 36.4 Å². The van der Waals surface area contributed by atoms with Crippen LogP contribution in [0.5, 0.6) is 5.75 Å². The van der Waals surface area contributed by atoms with E-state index in [4.69, 9.17) is 4.74 Å². The van der Waals surface area contributed by atoms with Gasteiger partial charge < -0.3 is 19.9 Å². The predicted octanol–water partition coefficient (Wildman–Crippen LogP) is 3.17. The van der Waals surface area contributed by atoms with Gasteiger partial charge in [-0.2, -0.15) is 0 Å². The summed E-state index contributed by atoms with van der Waals surface area (Å²) >= 11 is 0. The maximum absolute atomic E-state index is 12.9. The molecular formula is C18H18FN3O3. The highest BCUT2D eigenvalue weighted by atomic mass is 19.1. The minimum absolute atomic E-state index is 0.275. The van der Waals surface area contributed by atoms with E-state index in [1.807, 2.05) is 6.07 Å². The first-order valence-corrected chi connectivity index (χ1v) is 7.95. The number of benzene rings is 2. The number of anilines is 1. The lowest BCUT2D eigenvalue weighted by Crippen LogP contribution is -2.52. The molecule has 0 aliphatic carbocycles. The Bertz CT molecular complexity index is 729. The summed E-state index contributed by atoms with van der Waals surface area (Å²) in [6.07, 6.45) is -0.426. The Morgan fingerprint density at radius 3 is 2.12 bits per heavy atom. The molecule has 7 heteroatoms. The van der Waals surface area contributed by atoms with Gasteiger partial charge in [-0.3, -0.25) is 0 Å². The van der Waals surface area contributed by atoms with Crippen molar-refractivity contribution in [1.29, 1.82) is 0 Å². The average Bonchev–Trinajstić information content (AvgIpc) is 2.64. The first-order valence-electron chi connectivity index (χ1n) is 7.95. The monoisotopic (exact) mass is 343 g/mol. The highest BCUT2D eigenvalue weighted by molar-refractivity contribution is 5.89. The predicted molar refractivity (Wildman–Crippen MR) is 91.0 cm³/mol. The van der Waals surface area contributed by atoms with Gasteiger partial charge in [-0.15, -0.1) is 0 Å². The molecule has 6 nitrogen and oxygen atoms in total. The lowest BCUT2D eigenvalue weighted by molar-refractivity contribution is 0.120. The SMILES string of the molecule is O=C(Nc1ccc(F)cc1)N1CCN(C(=O)Oc2ccccc2)CC1. The molecule has 3 rings (SSSR count). The highest BCUT2D eigenvalue weighted by Crippen LogP contribution is 2.13. The molecule has 0 radical (unpaired) electrons. The summed E-state index contributed by atoms with van der Waals surface area (Å²) < 4.78 is 18.2. The number of rotatable bonds is 2. The van der Waals surface area contributed by atoms with Crippen LogP contribution in [0, 0.1) is 5.82 Å². The Morgan fingerprint density at radius 2 is 1.48 bits per heavy atom. The van der Waals surface area contributed by atoms with Gasteiger partial charge in [-0.25, -0.2) is 14.0 Å². The van der Waals surface area contributed by atoms with Crippen LogP contribution in [0.3, 0.4) is 0 Å². The number of carbonyl (C=O) groups is 2. The van der Waals surface area contributed by atoms with Gasteiger partial charge in [0.1, 0.15) is 11.6 Å². The molecule has 1 saturated heterocycles. The van der Waals surface area contributed by atoms with E-state index in [1.54, 1.807) is 34.1 Å². The van der Waals surface area contributed by atoms with Crippen molar-refractivity contribution < 1.29 is 18.7 Å². The van der Waals surface area contributed by atoms with Gasteiger partial charge in [0, 0.05) is 31.9 Å². The molecule has 0 atom stereocenters. The van der Waals surface area contributed by atoms with Crippen LogP contribution in [-0.2, 0) is 0 Å². The Kier molecular flexibility index (Phi) is 5.13. The molecule has 130 valence electrons. The van der Waals surface area contributed by atoms with Crippen molar-refractivity contribution in [3.8, 4) is 5.75 Å². The molecule has 0 unspecified atom stereocenters. The Labute approximate surface area is 144 Å². The van der Waals surface area contributed by atoms with Gasteiger partial charge in [0.25, 0.3) is 0 Å². The van der Waals surface area contributed by atoms with Crippen LogP contribution in [-0.4, -0.2) is 48.1 Å². The minimum Gasteiger partial charge on any atom is -0.410 e. The van der Waals surface area contributed by atoms with E-state index in [1.165, 1.54) is 24.3 Å². The summed E-state index contributed by atoms with van der Waals surface area (Å²) in [6, 6.07) is 14.1. The number of halogens is 1. The number of nitrogens with one attached hydrogen (secondary N) is 1. The molecule has 0 saturated carbocycles. The van der Waals surface area contributed by atoms with E-state index in [0.717, 1.165) is 0 Å². The van der Waals surface area contributed by atoms with Crippen LogP contribution in [0.4, 0.5) is 19.7 Å². The van der Waals surface area contributed by atoms with Crippen LogP contribution in [0.15, 0.2) is 54.6 Å². The zero-order valence-corrected chi connectivity index (χ0v) is 13.5. The van der Waals surface area contributed by atoms with Crippen molar-refractivity contribution in [2.45, 2.75) is 0 Å². The molecule has 1 N–H and O–H groups in total. The number of nitrogens with zero attached hydrogens (tertiary/aromatic N) is 2. The third-order valence-corrected chi connectivity index (χ3v) is 3.87. The molecule has 0 spiro atoms. The standard InChI is InChI=1S/C18H18FN3O3/c19-14-6-8-15(9-7-14)20-17(23)21-10-12-22(13-11-21)18(24)25-16-4-2-1-3-5-16/h1-9H,10-13H2,(H,20,23). The zero-order valence-electron chi connectivity index (χ0n) is 13.5. The number of hydrogen-bond donors (Lipinski definition) is 1. The molecule has 1 aliphatic heterocycles. The van der Waals surface area contributed by atoms with Gasteiger partial charge in [-0.1, -0.05) is 18.2 Å². The molecule has 0 bridgehead atoms. The Morgan fingerprint density at radius 1 is 0.880 bits per heavy atom. The van der Waals surface area contributed by atoms with E-state index in [-0.39, 0.29) is 11.8 Å². The lowest BCUT2D eigenvalue weighted by Gasteiger charge is -2.34. The van der Waals surface area contributed by atoms with Crippen LogP contribution in [0.25, 0.3) is 0 Å². The zero-order chi connectivity index (χ0) is 17.6. The summed E-state index contributed by atoms with van der Waals surface area (Å²) in [5.74, 6) is 0.132. The van der Waals surface area contributed by atoms with Gasteiger partial charge >= 0.3 is 12.1 Å². The van der Waals surface area contributed by atoms with Crippen molar-refractivity contribution in [3.63, 3.8) is 0 Å². The third kappa shape index (κ3) is 4.47. The summed E-state index contributed by atoms with van der Waals surface area (Å²) in [6.45, 7) is 1.58. The van der Waals surface area contributed by atoms with Gasteiger partial charge in [0.15, 0.2) is 0 Å². The quantitative estimate of drug-likeness (QED) is 0.911. The fourth-order valence-electron chi connectivity index (χ4n) is 2.48. The van der Waals surface area contributed by atoms with Gasteiger partial charge in [0.2, 0.25) is 0 Å². The maximum atomic E-state index is 12.9. The van der Waals surface area contributed by atoms with Gasteiger partial charge in [0.05, 0.1) is 0 Å². The van der Waals surface area contributed by atoms with E-state index < -0.39 is 6.09 Å². The van der Waals surface area contributed by atoms with Crippen molar-refractivity contribution in [2.24, 2.45) is 0 Å². The Hall–Kier alpha value is -3.09. The number of urea groups is 1. The summed E-state index contributed by atoms with van der Waals surface area (Å²) in [5, 5.41) is 2.71. The highest BCUT2D eigenvalue weighted by Gasteiger charge is 2.25. The van der Waals surface area contributed by atoms with E-state index >= 15 is 0 Å². The molecule has 0 aromatic heterocycles. The summed E-state index contributed by atoms with van der Waals surface area (Å²) in [4.78, 5) is 27.5. The van der Waals surface area contributed by atoms with Crippen LogP contribution >= 0.6 is 0 Å². The summed E-state index contributed by atoms with van der Waals surface area (Å²) in [5.41, 5.74) is 0.525. The number of ether oxygens (including phenoxy) is 1. The molecule has 25 heavy (non-hydrogen) atoms. The van der Waals surface area contributed by atoms with E-state index in [2.05, 4.69) is 5.32 Å². The lowest BCUT2D eigenvalue weighted by atomic mass is 10.3. The van der Waals surface area contributed by atoms with Crippen molar-refractivity contribution in [1.82, 2.24) is 9.80 Å². The van der Waals surface area contributed by atoms with Crippen molar-refractivity contribution >= 4 is 17.8 Å². The fourth-order valence-corrected chi connectivity index (χ4v) is 2.48. The number of para-hydroxylation sites is 1. The first kappa shape index (κ1) is 16.8.